The number of rotatable bonds is 10. The monoisotopic (exact) mass is 1040 g/mol. The molecule has 0 aromatic carbocycles. The number of carbonyl (C=O) groups excluding carboxylic acids is 2. The third-order valence-corrected chi connectivity index (χ3v) is 17.1. The highest BCUT2D eigenvalue weighted by atomic mass is 35.5. The summed E-state index contributed by atoms with van der Waals surface area (Å²) in [5.41, 5.74) is 0. The number of fused-ring (bicyclic) bond motifs is 6. The van der Waals surface area contributed by atoms with Gasteiger partial charge in [0.2, 0.25) is 0 Å². The van der Waals surface area contributed by atoms with Crippen molar-refractivity contribution in [1.82, 2.24) is 0 Å². The lowest BCUT2D eigenvalue weighted by atomic mass is 9.82. The Balaban J connectivity index is 1.13. The zero-order chi connectivity index (χ0) is 51.8. The number of allylic oxidation sites excluding steroid dienone is 2. The molecular formula is C54H85ClO17. The van der Waals surface area contributed by atoms with Gasteiger partial charge < -0.3 is 72.5 Å². The van der Waals surface area contributed by atoms with E-state index in [4.69, 9.17) is 63.7 Å². The van der Waals surface area contributed by atoms with Crippen LogP contribution in [-0.2, 0) is 61.7 Å². The van der Waals surface area contributed by atoms with E-state index in [2.05, 4.69) is 6.92 Å². The average molecular weight is 1040 g/mol. The first-order valence-electron chi connectivity index (χ1n) is 26.7. The molecule has 9 bridgehead atoms. The number of aliphatic hydroxyl groups is 4. The summed E-state index contributed by atoms with van der Waals surface area (Å²) in [5.74, 6) is -5.00. The van der Waals surface area contributed by atoms with Crippen molar-refractivity contribution >= 4 is 23.5 Å². The highest BCUT2D eigenvalue weighted by molar-refractivity contribution is 6.21. The lowest BCUT2D eigenvalue weighted by Gasteiger charge is -2.54. The lowest BCUT2D eigenvalue weighted by molar-refractivity contribution is -0.413. The van der Waals surface area contributed by atoms with E-state index in [9.17, 15) is 30.0 Å². The Bertz CT molecular complexity index is 1840. The molecule has 410 valence electrons. The van der Waals surface area contributed by atoms with E-state index in [1.54, 1.807) is 14.2 Å². The third-order valence-electron chi connectivity index (χ3n) is 16.5. The molecule has 6 fully saturated rings. The van der Waals surface area contributed by atoms with Gasteiger partial charge >= 0.3 is 11.9 Å². The molecule has 0 saturated carbocycles. The van der Waals surface area contributed by atoms with Crippen molar-refractivity contribution in [2.75, 3.05) is 28.4 Å². The predicted molar refractivity (Wildman–Crippen MR) is 263 cm³/mol. The molecule has 7 heterocycles. The van der Waals surface area contributed by atoms with E-state index in [0.29, 0.717) is 83.5 Å². The van der Waals surface area contributed by atoms with Gasteiger partial charge in [-0.25, -0.2) is 4.79 Å². The number of hydrogen-bond acceptors (Lipinski definition) is 17. The molecular weight excluding hydrogens is 956 g/mol. The van der Waals surface area contributed by atoms with Crippen molar-refractivity contribution in [3.05, 3.63) is 36.5 Å². The molecule has 7 rings (SSSR count). The summed E-state index contributed by atoms with van der Waals surface area (Å²) in [5, 5.41) is 45.8. The number of ether oxygens (including phenoxy) is 11. The molecule has 0 radical (unpaired) electrons. The molecule has 0 amide bonds. The Morgan fingerprint density at radius 3 is 2.29 bits per heavy atom. The Morgan fingerprint density at radius 2 is 1.54 bits per heavy atom. The number of hydrogen-bond donors (Lipinski definition) is 4. The van der Waals surface area contributed by atoms with Gasteiger partial charge in [0.25, 0.3) is 0 Å². The van der Waals surface area contributed by atoms with Gasteiger partial charge in [-0.05, 0) is 82.6 Å². The minimum absolute atomic E-state index is 0.0300. The molecule has 3 spiro atoms. The zero-order valence-electron chi connectivity index (χ0n) is 43.6. The topological polar surface area (TPSA) is 217 Å². The lowest BCUT2D eigenvalue weighted by Crippen LogP contribution is -2.61. The third kappa shape index (κ3) is 14.1. The van der Waals surface area contributed by atoms with Gasteiger partial charge in [0.1, 0.15) is 24.4 Å². The van der Waals surface area contributed by atoms with Crippen LogP contribution in [-0.4, -0.2) is 169 Å². The second-order valence-electron chi connectivity index (χ2n) is 21.8. The molecule has 0 aliphatic carbocycles. The highest BCUT2D eigenvalue weighted by Crippen LogP contribution is 2.53. The Hall–Kier alpha value is -2.07. The highest BCUT2D eigenvalue weighted by Gasteiger charge is 2.61. The van der Waals surface area contributed by atoms with Crippen LogP contribution in [0.5, 0.6) is 0 Å². The standard InChI is InChI=1S/C54H85ClO17/c1-32-20-23-52-25-22-41(62-4)50(71-52)49(60)48(59)33(2)18-19-40-47(55)45(64-6)30-53(68-40)24-21-34(3)54(72-53)31-44(39(70-54)16-11-9-8-10-12-17-42(63-5)51(61)65-7)67-46(58)29-38-15-13-14-37(66-38)27-35(56)26-36(57)28-43(32)69-52/h9-12,20,23,32-45,47-50,56-57,59-60H,8,13-19,21-22,24-31H2,1-7H3. The molecule has 7 aliphatic rings. The average Bonchev–Trinajstić information content (AvgIpc) is 3.69. The summed E-state index contributed by atoms with van der Waals surface area (Å²) in [7, 11) is 5.99. The molecule has 4 N–H and O–H groups in total. The van der Waals surface area contributed by atoms with Gasteiger partial charge in [-0.2, -0.15) is 0 Å². The molecule has 21 unspecified atom stereocenters. The largest absolute Gasteiger partial charge is 0.467 e. The molecule has 18 heteroatoms. The molecule has 21 atom stereocenters. The summed E-state index contributed by atoms with van der Waals surface area (Å²) in [6.45, 7) is 5.96. The SMILES string of the molecule is COC(=O)C(CC=CCC=CCC1OC23CC1OC(=O)CC1CCCC(CC(O)CC(O)CC4OC5(C=CC4C)CCC(OC)C(O5)C(O)C(O)C(C)CCC4OC(CCC2C)(CC(OC)C4Cl)O3)O1)OC. The summed E-state index contributed by atoms with van der Waals surface area (Å²) in [4.78, 5) is 25.9. The van der Waals surface area contributed by atoms with Crippen molar-refractivity contribution in [3.8, 4) is 0 Å². The first-order valence-corrected chi connectivity index (χ1v) is 27.2. The number of halogens is 1. The van der Waals surface area contributed by atoms with Crippen molar-refractivity contribution in [3.63, 3.8) is 0 Å². The van der Waals surface area contributed by atoms with Crippen molar-refractivity contribution in [2.24, 2.45) is 17.8 Å². The van der Waals surface area contributed by atoms with Gasteiger partial charge in [-0.15, -0.1) is 11.6 Å². The zero-order valence-corrected chi connectivity index (χ0v) is 44.3. The number of alkyl halides is 1. The molecule has 0 aromatic rings. The van der Waals surface area contributed by atoms with Gasteiger partial charge in [-0.1, -0.05) is 51.2 Å². The molecule has 6 saturated heterocycles. The van der Waals surface area contributed by atoms with Crippen LogP contribution in [0.3, 0.4) is 0 Å². The number of esters is 2. The van der Waals surface area contributed by atoms with E-state index in [0.717, 1.165) is 6.42 Å². The summed E-state index contributed by atoms with van der Waals surface area (Å²) in [6, 6.07) is 0. The summed E-state index contributed by atoms with van der Waals surface area (Å²) in [6.07, 6.45) is 9.67. The van der Waals surface area contributed by atoms with E-state index in [1.807, 2.05) is 50.3 Å². The van der Waals surface area contributed by atoms with Gasteiger partial charge in [0.15, 0.2) is 23.5 Å². The fourth-order valence-corrected chi connectivity index (χ4v) is 12.5. The maximum atomic E-state index is 14.0. The number of methoxy groups -OCH3 is 4. The Morgan fingerprint density at radius 1 is 0.792 bits per heavy atom. The minimum Gasteiger partial charge on any atom is -0.467 e. The molecule has 72 heavy (non-hydrogen) atoms. The van der Waals surface area contributed by atoms with E-state index >= 15 is 0 Å². The van der Waals surface area contributed by atoms with Crippen LogP contribution in [0.15, 0.2) is 36.5 Å². The fourth-order valence-electron chi connectivity index (χ4n) is 12.1. The van der Waals surface area contributed by atoms with Crippen LogP contribution in [0.2, 0.25) is 0 Å². The smallest absolute Gasteiger partial charge is 0.335 e. The molecule has 0 aromatic heterocycles. The summed E-state index contributed by atoms with van der Waals surface area (Å²) >= 11 is 7.17. The van der Waals surface area contributed by atoms with Gasteiger partial charge in [0, 0.05) is 71.7 Å². The van der Waals surface area contributed by atoms with Crippen LogP contribution in [0, 0.1) is 17.8 Å². The molecule has 17 nitrogen and oxygen atoms in total. The van der Waals surface area contributed by atoms with Crippen LogP contribution >= 0.6 is 11.6 Å². The quantitative estimate of drug-likeness (QED) is 0.108. The van der Waals surface area contributed by atoms with Crippen LogP contribution in [0.25, 0.3) is 0 Å². The second kappa shape index (κ2) is 25.8. The first kappa shape index (κ1) is 57.6. The van der Waals surface area contributed by atoms with Crippen LogP contribution in [0.1, 0.15) is 136 Å². The fraction of sp³-hybridized carbons (Fsp3) is 0.852. The predicted octanol–water partition coefficient (Wildman–Crippen LogP) is 6.26. The Kier molecular flexibility index (Phi) is 20.7. The van der Waals surface area contributed by atoms with E-state index < -0.39 is 120 Å². The second-order valence-corrected chi connectivity index (χ2v) is 22.3. The number of carbonyl (C=O) groups is 2. The summed E-state index contributed by atoms with van der Waals surface area (Å²) < 4.78 is 69.1. The minimum atomic E-state index is -1.34. The van der Waals surface area contributed by atoms with Crippen molar-refractivity contribution in [1.29, 1.82) is 0 Å². The number of aliphatic hydroxyl groups excluding tert-OH is 4. The maximum absolute atomic E-state index is 14.0. The van der Waals surface area contributed by atoms with Gasteiger partial charge in [-0.3, -0.25) is 4.79 Å². The maximum Gasteiger partial charge on any atom is 0.335 e. The van der Waals surface area contributed by atoms with Crippen molar-refractivity contribution < 1.29 is 82.1 Å². The van der Waals surface area contributed by atoms with Crippen LogP contribution in [0.4, 0.5) is 0 Å². The molecule has 7 aliphatic heterocycles. The van der Waals surface area contributed by atoms with Crippen molar-refractivity contribution in [2.45, 2.75) is 245 Å². The normalized spacial score (nSPS) is 45.2. The van der Waals surface area contributed by atoms with E-state index in [-0.39, 0.29) is 43.6 Å². The first-order chi connectivity index (χ1) is 34.4. The Labute approximate surface area is 431 Å². The van der Waals surface area contributed by atoms with Gasteiger partial charge in [0.05, 0.1) is 73.8 Å². The van der Waals surface area contributed by atoms with Crippen LogP contribution < -0.4 is 0 Å². The van der Waals surface area contributed by atoms with E-state index in [1.165, 1.54) is 14.2 Å².